The molecule has 0 atom stereocenters. The molecule has 0 aliphatic heterocycles. The van der Waals surface area contributed by atoms with E-state index >= 15 is 0 Å². The van der Waals surface area contributed by atoms with Crippen LogP contribution in [0.25, 0.3) is 0 Å². The molecule has 0 fully saturated rings. The van der Waals surface area contributed by atoms with E-state index in [0.29, 0.717) is 18.8 Å². The molecule has 0 unspecified atom stereocenters. The number of carbonyl (C=O) groups is 2. The average molecular weight is 339 g/mol. The lowest BCUT2D eigenvalue weighted by molar-refractivity contribution is 0.0749. The number of pyridine rings is 1. The van der Waals surface area contributed by atoms with Crippen molar-refractivity contribution in [2.24, 2.45) is 0 Å². The van der Waals surface area contributed by atoms with E-state index in [2.05, 4.69) is 10.3 Å². The lowest BCUT2D eigenvalue weighted by Gasteiger charge is -2.21. The number of nitrogens with one attached hydrogen (secondary N) is 1. The fourth-order valence-electron chi connectivity index (χ4n) is 2.60. The maximum atomic E-state index is 12.6. The Kier molecular flexibility index (Phi) is 6.69. The lowest BCUT2D eigenvalue weighted by atomic mass is 10.2. The van der Waals surface area contributed by atoms with E-state index in [9.17, 15) is 9.59 Å². The third kappa shape index (κ3) is 4.89. The highest BCUT2D eigenvalue weighted by Crippen LogP contribution is 2.14. The van der Waals surface area contributed by atoms with E-state index < -0.39 is 0 Å². The number of nitrogens with zero attached hydrogens (tertiary/aromatic N) is 2. The number of para-hydroxylation sites is 1. The molecule has 0 radical (unpaired) electrons. The second kappa shape index (κ2) is 8.97. The van der Waals surface area contributed by atoms with Gasteiger partial charge < -0.3 is 10.2 Å². The van der Waals surface area contributed by atoms with Crippen LogP contribution in [0.2, 0.25) is 0 Å². The zero-order valence-electron chi connectivity index (χ0n) is 15.1. The molecule has 0 aliphatic rings. The Hall–Kier alpha value is -2.69. The van der Waals surface area contributed by atoms with Gasteiger partial charge in [0.2, 0.25) is 0 Å². The summed E-state index contributed by atoms with van der Waals surface area (Å²) in [6.45, 7) is 7.38. The maximum absolute atomic E-state index is 12.6. The first kappa shape index (κ1) is 18.6. The second-order valence-corrected chi connectivity index (χ2v) is 5.97. The van der Waals surface area contributed by atoms with Gasteiger partial charge >= 0.3 is 0 Å². The van der Waals surface area contributed by atoms with Crippen molar-refractivity contribution in [2.45, 2.75) is 33.6 Å². The van der Waals surface area contributed by atoms with Crippen LogP contribution < -0.4 is 5.32 Å². The minimum absolute atomic E-state index is 0.130. The van der Waals surface area contributed by atoms with Crippen LogP contribution in [0.3, 0.4) is 0 Å². The molecule has 2 rings (SSSR count). The molecule has 1 aromatic carbocycles. The van der Waals surface area contributed by atoms with Gasteiger partial charge in [-0.15, -0.1) is 0 Å². The predicted molar refractivity (Wildman–Crippen MR) is 99.9 cm³/mol. The van der Waals surface area contributed by atoms with Gasteiger partial charge in [0.25, 0.3) is 11.8 Å². The van der Waals surface area contributed by atoms with Gasteiger partial charge in [-0.05, 0) is 43.5 Å². The van der Waals surface area contributed by atoms with Crippen molar-refractivity contribution in [3.8, 4) is 0 Å². The van der Waals surface area contributed by atoms with Gasteiger partial charge in [0.1, 0.15) is 11.4 Å². The quantitative estimate of drug-likeness (QED) is 0.832. The van der Waals surface area contributed by atoms with Crippen molar-refractivity contribution < 1.29 is 9.59 Å². The Morgan fingerprint density at radius 2 is 1.60 bits per heavy atom. The van der Waals surface area contributed by atoms with Crippen molar-refractivity contribution in [1.82, 2.24) is 9.88 Å². The smallest absolute Gasteiger partial charge is 0.274 e. The normalized spacial score (nSPS) is 10.4. The molecule has 1 heterocycles. The molecule has 2 aromatic rings. The molecule has 2 amide bonds. The number of aryl methyl sites for hydroxylation is 1. The molecule has 132 valence electrons. The SMILES string of the molecule is CCCN(CCC)C(=O)c1cccc(C(=O)Nc2ccccc2C)n1. The molecule has 1 aromatic heterocycles. The summed E-state index contributed by atoms with van der Waals surface area (Å²) >= 11 is 0. The lowest BCUT2D eigenvalue weighted by Crippen LogP contribution is -2.33. The van der Waals surface area contributed by atoms with Gasteiger partial charge in [-0.3, -0.25) is 9.59 Å². The van der Waals surface area contributed by atoms with Gasteiger partial charge in [-0.1, -0.05) is 38.1 Å². The molecular weight excluding hydrogens is 314 g/mol. The van der Waals surface area contributed by atoms with Crippen molar-refractivity contribution in [1.29, 1.82) is 0 Å². The highest BCUT2D eigenvalue weighted by molar-refractivity contribution is 6.04. The summed E-state index contributed by atoms with van der Waals surface area (Å²) in [5.74, 6) is -0.448. The molecule has 25 heavy (non-hydrogen) atoms. The van der Waals surface area contributed by atoms with Gasteiger partial charge in [-0.2, -0.15) is 0 Å². The van der Waals surface area contributed by atoms with E-state index in [1.807, 2.05) is 45.0 Å². The Labute approximate surface area is 149 Å². The number of hydrogen-bond donors (Lipinski definition) is 1. The first-order valence-electron chi connectivity index (χ1n) is 8.70. The van der Waals surface area contributed by atoms with Crippen molar-refractivity contribution in [2.75, 3.05) is 18.4 Å². The minimum atomic E-state index is -0.318. The standard InChI is InChI=1S/C20H25N3O2/c1-4-13-23(14-5-2)20(25)18-12-8-11-17(21-18)19(24)22-16-10-7-6-9-15(16)3/h6-12H,4-5,13-14H2,1-3H3,(H,22,24). The highest BCUT2D eigenvalue weighted by atomic mass is 16.2. The van der Waals surface area contributed by atoms with E-state index in [4.69, 9.17) is 0 Å². The maximum Gasteiger partial charge on any atom is 0.274 e. The fourth-order valence-corrected chi connectivity index (χ4v) is 2.60. The van der Waals surface area contributed by atoms with Gasteiger partial charge in [0, 0.05) is 18.8 Å². The van der Waals surface area contributed by atoms with E-state index in [-0.39, 0.29) is 17.5 Å². The Balaban J connectivity index is 2.18. The van der Waals surface area contributed by atoms with Crippen LogP contribution in [0.1, 0.15) is 53.2 Å². The second-order valence-electron chi connectivity index (χ2n) is 5.97. The largest absolute Gasteiger partial charge is 0.337 e. The molecule has 5 heteroatoms. The molecule has 0 saturated carbocycles. The molecule has 0 bridgehead atoms. The van der Waals surface area contributed by atoms with Crippen molar-refractivity contribution >= 4 is 17.5 Å². The summed E-state index contributed by atoms with van der Waals surface area (Å²) in [6.07, 6.45) is 1.78. The number of aromatic nitrogens is 1. The minimum Gasteiger partial charge on any atom is -0.337 e. The number of amides is 2. The number of benzene rings is 1. The summed E-state index contributed by atoms with van der Waals surface area (Å²) in [4.78, 5) is 31.2. The van der Waals surface area contributed by atoms with Crippen LogP contribution in [0.15, 0.2) is 42.5 Å². The van der Waals surface area contributed by atoms with Crippen LogP contribution in [-0.2, 0) is 0 Å². The van der Waals surface area contributed by atoms with Crippen LogP contribution in [0.4, 0.5) is 5.69 Å². The molecule has 5 nitrogen and oxygen atoms in total. The summed E-state index contributed by atoms with van der Waals surface area (Å²) in [6, 6.07) is 12.5. The van der Waals surface area contributed by atoms with Crippen LogP contribution in [0, 0.1) is 6.92 Å². The number of carbonyl (C=O) groups excluding carboxylic acids is 2. The van der Waals surface area contributed by atoms with Crippen molar-refractivity contribution in [3.05, 3.63) is 59.4 Å². The molecule has 0 spiro atoms. The van der Waals surface area contributed by atoms with Crippen LogP contribution >= 0.6 is 0 Å². The van der Waals surface area contributed by atoms with E-state index in [0.717, 1.165) is 24.1 Å². The number of rotatable bonds is 7. The molecule has 0 aliphatic carbocycles. The fraction of sp³-hybridized carbons (Fsp3) is 0.350. The predicted octanol–water partition coefficient (Wildman–Crippen LogP) is 3.90. The van der Waals surface area contributed by atoms with Gasteiger partial charge in [0.15, 0.2) is 0 Å². The zero-order valence-corrected chi connectivity index (χ0v) is 15.1. The third-order valence-electron chi connectivity index (χ3n) is 3.87. The Morgan fingerprint density at radius 1 is 0.960 bits per heavy atom. The van der Waals surface area contributed by atoms with Crippen LogP contribution in [-0.4, -0.2) is 34.8 Å². The summed E-state index contributed by atoms with van der Waals surface area (Å²) in [5.41, 5.74) is 2.26. The van der Waals surface area contributed by atoms with Gasteiger partial charge in [0.05, 0.1) is 0 Å². The first-order chi connectivity index (χ1) is 12.1. The van der Waals surface area contributed by atoms with E-state index in [1.54, 1.807) is 23.1 Å². The summed E-state index contributed by atoms with van der Waals surface area (Å²) in [5, 5.41) is 2.85. The first-order valence-corrected chi connectivity index (χ1v) is 8.70. The van der Waals surface area contributed by atoms with E-state index in [1.165, 1.54) is 0 Å². The topological polar surface area (TPSA) is 62.3 Å². The summed E-state index contributed by atoms with van der Waals surface area (Å²) < 4.78 is 0. The molecule has 0 saturated heterocycles. The molecule has 1 N–H and O–H groups in total. The molecular formula is C20H25N3O2. The number of anilines is 1. The van der Waals surface area contributed by atoms with Crippen molar-refractivity contribution in [3.63, 3.8) is 0 Å². The number of hydrogen-bond acceptors (Lipinski definition) is 3. The Morgan fingerprint density at radius 3 is 2.24 bits per heavy atom. The van der Waals surface area contributed by atoms with Gasteiger partial charge in [-0.25, -0.2) is 4.98 Å². The summed E-state index contributed by atoms with van der Waals surface area (Å²) in [7, 11) is 0. The average Bonchev–Trinajstić information content (AvgIpc) is 2.63. The zero-order chi connectivity index (χ0) is 18.2. The van der Waals surface area contributed by atoms with Crippen LogP contribution in [0.5, 0.6) is 0 Å². The highest BCUT2D eigenvalue weighted by Gasteiger charge is 2.17. The Bertz CT molecular complexity index is 737. The monoisotopic (exact) mass is 339 g/mol. The third-order valence-corrected chi connectivity index (χ3v) is 3.87.